The van der Waals surface area contributed by atoms with Gasteiger partial charge in [-0.3, -0.25) is 9.52 Å². The second-order valence-corrected chi connectivity index (χ2v) is 7.68. The number of imidazole rings is 1. The van der Waals surface area contributed by atoms with E-state index in [-0.39, 0.29) is 18.1 Å². The molecule has 3 rings (SSSR count). The monoisotopic (exact) mass is 378 g/mol. The molecule has 0 spiro atoms. The number of rotatable bonds is 5. The van der Waals surface area contributed by atoms with E-state index in [1.54, 1.807) is 53.2 Å². The Balaban J connectivity index is 1.70. The molecular formula is C16H15ClN4O3S. The van der Waals surface area contributed by atoms with Crippen molar-refractivity contribution in [3.05, 3.63) is 65.1 Å². The minimum Gasteiger partial charge on any atom is -0.347 e. The Labute approximate surface area is 149 Å². The van der Waals surface area contributed by atoms with Crippen LogP contribution in [-0.2, 0) is 16.6 Å². The van der Waals surface area contributed by atoms with E-state index in [4.69, 9.17) is 11.6 Å². The molecule has 0 atom stereocenters. The van der Waals surface area contributed by atoms with E-state index in [1.807, 2.05) is 0 Å². The fourth-order valence-electron chi connectivity index (χ4n) is 2.31. The average Bonchev–Trinajstić information content (AvgIpc) is 2.94. The Hall–Kier alpha value is -2.58. The molecule has 0 saturated heterocycles. The topological polar surface area (TPSA) is 92.6 Å². The molecule has 3 aromatic rings. The van der Waals surface area contributed by atoms with Crippen LogP contribution < -0.4 is 10.0 Å². The average molecular weight is 379 g/mol. The standard InChI is InChI=1S/C16H15ClN4O3S/c1-25(23,24)20-13-4-2-3-11(7-13)8-18-16(22)14-10-21-9-12(17)5-6-15(21)19-14/h2-7,9-10,20H,8H2,1H3,(H,18,22). The summed E-state index contributed by atoms with van der Waals surface area (Å²) >= 11 is 5.91. The van der Waals surface area contributed by atoms with Crippen molar-refractivity contribution in [1.29, 1.82) is 0 Å². The molecular weight excluding hydrogens is 364 g/mol. The van der Waals surface area contributed by atoms with Crippen molar-refractivity contribution in [3.8, 4) is 0 Å². The number of amides is 1. The molecule has 1 aromatic carbocycles. The van der Waals surface area contributed by atoms with E-state index in [2.05, 4.69) is 15.0 Å². The molecule has 2 heterocycles. The summed E-state index contributed by atoms with van der Waals surface area (Å²) in [7, 11) is -3.35. The number of fused-ring (bicyclic) bond motifs is 1. The molecule has 1 amide bonds. The molecule has 130 valence electrons. The number of nitrogens with zero attached hydrogens (tertiary/aromatic N) is 2. The highest BCUT2D eigenvalue weighted by molar-refractivity contribution is 7.92. The maximum atomic E-state index is 12.3. The van der Waals surface area contributed by atoms with Gasteiger partial charge < -0.3 is 9.72 Å². The smallest absolute Gasteiger partial charge is 0.271 e. The van der Waals surface area contributed by atoms with Gasteiger partial charge in [-0.15, -0.1) is 0 Å². The van der Waals surface area contributed by atoms with Crippen LogP contribution in [0.25, 0.3) is 5.65 Å². The molecule has 0 unspecified atom stereocenters. The molecule has 0 aliphatic carbocycles. The van der Waals surface area contributed by atoms with Gasteiger partial charge in [0.25, 0.3) is 5.91 Å². The van der Waals surface area contributed by atoms with E-state index in [1.165, 1.54) is 0 Å². The Bertz CT molecular complexity index is 1050. The minimum atomic E-state index is -3.35. The molecule has 0 aliphatic rings. The lowest BCUT2D eigenvalue weighted by molar-refractivity contribution is 0.0946. The van der Waals surface area contributed by atoms with Crippen molar-refractivity contribution in [2.45, 2.75) is 6.54 Å². The lowest BCUT2D eigenvalue weighted by Crippen LogP contribution is -2.23. The highest BCUT2D eigenvalue weighted by atomic mass is 35.5. The normalized spacial score (nSPS) is 11.4. The maximum absolute atomic E-state index is 12.3. The number of anilines is 1. The third kappa shape index (κ3) is 4.49. The zero-order valence-corrected chi connectivity index (χ0v) is 14.8. The number of pyridine rings is 1. The Morgan fingerprint density at radius 2 is 2.04 bits per heavy atom. The third-order valence-electron chi connectivity index (χ3n) is 3.33. The lowest BCUT2D eigenvalue weighted by atomic mass is 10.2. The number of hydrogen-bond acceptors (Lipinski definition) is 4. The summed E-state index contributed by atoms with van der Waals surface area (Å²) in [6.45, 7) is 0.243. The third-order valence-corrected chi connectivity index (χ3v) is 4.16. The van der Waals surface area contributed by atoms with Crippen molar-refractivity contribution in [2.24, 2.45) is 0 Å². The molecule has 0 fully saturated rings. The van der Waals surface area contributed by atoms with Gasteiger partial charge in [-0.1, -0.05) is 23.7 Å². The summed E-state index contributed by atoms with van der Waals surface area (Å²) in [5, 5.41) is 3.30. The van der Waals surface area contributed by atoms with Crippen LogP contribution in [0.4, 0.5) is 5.69 Å². The molecule has 0 aliphatic heterocycles. The first-order valence-corrected chi connectivity index (χ1v) is 9.56. The van der Waals surface area contributed by atoms with Gasteiger partial charge >= 0.3 is 0 Å². The number of benzene rings is 1. The van der Waals surface area contributed by atoms with E-state index < -0.39 is 10.0 Å². The predicted molar refractivity (Wildman–Crippen MR) is 96.3 cm³/mol. The van der Waals surface area contributed by atoms with Crippen molar-refractivity contribution in [2.75, 3.05) is 11.0 Å². The number of nitrogens with one attached hydrogen (secondary N) is 2. The summed E-state index contributed by atoms with van der Waals surface area (Å²) < 4.78 is 26.6. The minimum absolute atomic E-state index is 0.243. The van der Waals surface area contributed by atoms with Gasteiger partial charge in [0.2, 0.25) is 10.0 Å². The molecule has 0 bridgehead atoms. The predicted octanol–water partition coefficient (Wildman–Crippen LogP) is 2.29. The van der Waals surface area contributed by atoms with Crippen molar-refractivity contribution in [3.63, 3.8) is 0 Å². The molecule has 7 nitrogen and oxygen atoms in total. The summed E-state index contributed by atoms with van der Waals surface area (Å²) in [6.07, 6.45) is 4.34. The van der Waals surface area contributed by atoms with Crippen LogP contribution in [0.3, 0.4) is 0 Å². The Morgan fingerprint density at radius 1 is 1.24 bits per heavy atom. The van der Waals surface area contributed by atoms with Gasteiger partial charge in [0, 0.05) is 24.6 Å². The summed E-state index contributed by atoms with van der Waals surface area (Å²) in [6, 6.07) is 10.2. The highest BCUT2D eigenvalue weighted by Crippen LogP contribution is 2.13. The first-order valence-electron chi connectivity index (χ1n) is 7.29. The number of sulfonamides is 1. The maximum Gasteiger partial charge on any atom is 0.271 e. The van der Waals surface area contributed by atoms with E-state index in [0.29, 0.717) is 16.4 Å². The number of halogens is 1. The van der Waals surface area contributed by atoms with E-state index in [9.17, 15) is 13.2 Å². The zero-order chi connectivity index (χ0) is 18.0. The Morgan fingerprint density at radius 3 is 2.80 bits per heavy atom. The Kier molecular flexibility index (Phi) is 4.65. The van der Waals surface area contributed by atoms with Crippen LogP contribution in [0.2, 0.25) is 5.02 Å². The van der Waals surface area contributed by atoms with Crippen molar-refractivity contribution < 1.29 is 13.2 Å². The van der Waals surface area contributed by atoms with Gasteiger partial charge in [-0.05, 0) is 29.8 Å². The van der Waals surface area contributed by atoms with Crippen LogP contribution in [0, 0.1) is 0 Å². The van der Waals surface area contributed by atoms with Gasteiger partial charge in [0.15, 0.2) is 0 Å². The summed E-state index contributed by atoms with van der Waals surface area (Å²) in [4.78, 5) is 16.5. The van der Waals surface area contributed by atoms with Crippen LogP contribution >= 0.6 is 11.6 Å². The van der Waals surface area contributed by atoms with Gasteiger partial charge in [0.1, 0.15) is 11.3 Å². The van der Waals surface area contributed by atoms with Crippen LogP contribution in [0.1, 0.15) is 16.1 Å². The van der Waals surface area contributed by atoms with Crippen LogP contribution in [0.15, 0.2) is 48.8 Å². The number of hydrogen-bond donors (Lipinski definition) is 2. The van der Waals surface area contributed by atoms with Gasteiger partial charge in [0.05, 0.1) is 11.3 Å². The highest BCUT2D eigenvalue weighted by Gasteiger charge is 2.11. The first-order chi connectivity index (χ1) is 11.8. The number of carbonyl (C=O) groups is 1. The molecule has 0 saturated carbocycles. The summed E-state index contributed by atoms with van der Waals surface area (Å²) in [5.74, 6) is -0.332. The number of aromatic nitrogens is 2. The quantitative estimate of drug-likeness (QED) is 0.712. The van der Waals surface area contributed by atoms with Crippen LogP contribution in [0.5, 0.6) is 0 Å². The zero-order valence-electron chi connectivity index (χ0n) is 13.2. The number of carbonyl (C=O) groups excluding carboxylic acids is 1. The van der Waals surface area contributed by atoms with E-state index in [0.717, 1.165) is 11.8 Å². The molecule has 9 heteroatoms. The first kappa shape index (κ1) is 17.2. The second kappa shape index (κ2) is 6.73. The van der Waals surface area contributed by atoms with Gasteiger partial charge in [-0.2, -0.15) is 0 Å². The molecule has 2 aromatic heterocycles. The van der Waals surface area contributed by atoms with Crippen molar-refractivity contribution >= 4 is 38.9 Å². The second-order valence-electron chi connectivity index (χ2n) is 5.50. The molecule has 0 radical (unpaired) electrons. The fraction of sp³-hybridized carbons (Fsp3) is 0.125. The molecule has 2 N–H and O–H groups in total. The molecule has 25 heavy (non-hydrogen) atoms. The lowest BCUT2D eigenvalue weighted by Gasteiger charge is -2.07. The van der Waals surface area contributed by atoms with E-state index >= 15 is 0 Å². The summed E-state index contributed by atoms with van der Waals surface area (Å²) in [5.41, 5.74) is 2.09. The SMILES string of the molecule is CS(=O)(=O)Nc1cccc(CNC(=O)c2cn3cc(Cl)ccc3n2)c1. The largest absolute Gasteiger partial charge is 0.347 e. The van der Waals surface area contributed by atoms with Crippen LogP contribution in [-0.4, -0.2) is 30.0 Å². The van der Waals surface area contributed by atoms with Gasteiger partial charge in [-0.25, -0.2) is 13.4 Å². The van der Waals surface area contributed by atoms with Crippen molar-refractivity contribution in [1.82, 2.24) is 14.7 Å². The fourth-order valence-corrected chi connectivity index (χ4v) is 3.03.